The summed E-state index contributed by atoms with van der Waals surface area (Å²) in [4.78, 5) is 35.9. The first-order valence-electron chi connectivity index (χ1n) is 5.55. The van der Waals surface area contributed by atoms with Crippen LogP contribution in [0.25, 0.3) is 0 Å². The first-order chi connectivity index (χ1) is 9.59. The molecule has 10 heteroatoms. The molecule has 0 spiro atoms. The van der Waals surface area contributed by atoms with Crippen LogP contribution in [-0.2, 0) is 9.59 Å². The standard InChI is InChI=1S/C12H11I3N2O4.Mg.2H/c1-4(18)16-10-7(13)6(12(20)21)8(14)11(9(10)15)17(3)5(2)19;;;/h1-3H3,(H,16,18)(H,20,21);;;/q;+2;2*-1. The molecule has 6 nitrogen and oxygen atoms in total. The molecule has 22 heavy (non-hydrogen) atoms. The van der Waals surface area contributed by atoms with Gasteiger partial charge in [-0.1, -0.05) is 0 Å². The van der Waals surface area contributed by atoms with Crippen molar-refractivity contribution < 1.29 is 22.3 Å². The molecule has 0 bridgehead atoms. The summed E-state index contributed by atoms with van der Waals surface area (Å²) in [6, 6.07) is 0. The van der Waals surface area contributed by atoms with Gasteiger partial charge in [-0.15, -0.1) is 0 Å². The molecule has 1 aromatic rings. The number of carbonyl (C=O) groups excluding carboxylic acids is 2. The van der Waals surface area contributed by atoms with Gasteiger partial charge in [0.15, 0.2) is 0 Å². The van der Waals surface area contributed by atoms with E-state index < -0.39 is 5.97 Å². The van der Waals surface area contributed by atoms with Crippen LogP contribution >= 0.6 is 67.8 Å². The fraction of sp³-hybridized carbons (Fsp3) is 0.250. The molecule has 0 heterocycles. The number of anilines is 2. The molecule has 118 valence electrons. The van der Waals surface area contributed by atoms with E-state index >= 15 is 0 Å². The Morgan fingerprint density at radius 1 is 1.09 bits per heavy atom. The molecule has 1 rings (SSSR count). The Bertz CT molecular complexity index is 662. The van der Waals surface area contributed by atoms with Gasteiger partial charge >= 0.3 is 29.0 Å². The van der Waals surface area contributed by atoms with E-state index in [0.29, 0.717) is 22.1 Å². The summed E-state index contributed by atoms with van der Waals surface area (Å²) >= 11 is 5.80. The van der Waals surface area contributed by atoms with Gasteiger partial charge in [-0.2, -0.15) is 0 Å². The molecule has 0 saturated heterocycles. The van der Waals surface area contributed by atoms with Crippen molar-refractivity contribution in [2.75, 3.05) is 17.3 Å². The third kappa shape index (κ3) is 4.79. The maximum absolute atomic E-state index is 11.6. The molecule has 0 radical (unpaired) electrons. The second kappa shape index (κ2) is 9.17. The molecule has 2 amide bonds. The first kappa shape index (κ1) is 22.6. The number of amides is 2. The average molecular weight is 654 g/mol. The third-order valence-corrected chi connectivity index (χ3v) is 5.80. The summed E-state index contributed by atoms with van der Waals surface area (Å²) in [6.45, 7) is 2.74. The molecule has 0 atom stereocenters. The predicted octanol–water partition coefficient (Wildman–Crippen LogP) is 2.98. The van der Waals surface area contributed by atoms with Crippen LogP contribution < -0.4 is 10.2 Å². The zero-order chi connectivity index (χ0) is 16.5. The molecule has 0 aliphatic heterocycles. The van der Waals surface area contributed by atoms with Crippen LogP contribution in [0.5, 0.6) is 0 Å². The van der Waals surface area contributed by atoms with Gasteiger partial charge in [0.05, 0.1) is 27.6 Å². The number of rotatable bonds is 3. The second-order valence-electron chi connectivity index (χ2n) is 4.10. The number of carboxylic acids is 1. The number of hydrogen-bond donors (Lipinski definition) is 2. The normalized spacial score (nSPS) is 9.73. The molecular formula is C12H13I3MgN2O4. The Morgan fingerprint density at radius 3 is 1.95 bits per heavy atom. The SMILES string of the molecule is CC(=O)Nc1c(I)c(C(=O)O)c(I)c(N(C)C(C)=O)c1I.[H-].[H-].[Mg+2]. The fourth-order valence-electron chi connectivity index (χ4n) is 1.58. The van der Waals surface area contributed by atoms with Gasteiger partial charge in [-0.05, 0) is 67.8 Å². The molecule has 0 fully saturated rings. The molecular weight excluding hydrogens is 641 g/mol. The average Bonchev–Trinajstić information content (AvgIpc) is 2.33. The smallest absolute Gasteiger partial charge is 1.00 e. The minimum atomic E-state index is -1.11. The zero-order valence-corrected chi connectivity index (χ0v) is 19.8. The van der Waals surface area contributed by atoms with Crippen molar-refractivity contribution in [3.05, 3.63) is 16.3 Å². The summed E-state index contributed by atoms with van der Waals surface area (Å²) in [5.74, 6) is -1.64. The van der Waals surface area contributed by atoms with Crippen molar-refractivity contribution in [3.63, 3.8) is 0 Å². The maximum atomic E-state index is 11.6. The van der Waals surface area contributed by atoms with Crippen molar-refractivity contribution in [1.82, 2.24) is 0 Å². The minimum absolute atomic E-state index is 0. The van der Waals surface area contributed by atoms with Crippen LogP contribution in [0, 0.1) is 10.7 Å². The summed E-state index contributed by atoms with van der Waals surface area (Å²) in [6.07, 6.45) is 0. The van der Waals surface area contributed by atoms with E-state index in [0.717, 1.165) is 0 Å². The Kier molecular flexibility index (Phi) is 9.41. The zero-order valence-electron chi connectivity index (χ0n) is 14.0. The molecule has 2 N–H and O–H groups in total. The quantitative estimate of drug-likeness (QED) is 0.388. The number of nitrogens with one attached hydrogen (secondary N) is 1. The Hall–Kier alpha value is 0.586. The van der Waals surface area contributed by atoms with Gasteiger partial charge in [0, 0.05) is 20.9 Å². The van der Waals surface area contributed by atoms with Crippen molar-refractivity contribution in [1.29, 1.82) is 0 Å². The monoisotopic (exact) mass is 654 g/mol. The Balaban J connectivity index is -0.00000147. The van der Waals surface area contributed by atoms with E-state index in [1.54, 1.807) is 7.05 Å². The topological polar surface area (TPSA) is 86.7 Å². The van der Waals surface area contributed by atoms with Crippen LogP contribution in [0.2, 0.25) is 0 Å². The number of benzene rings is 1. The van der Waals surface area contributed by atoms with E-state index in [-0.39, 0.29) is 43.3 Å². The number of hydrogen-bond acceptors (Lipinski definition) is 3. The van der Waals surface area contributed by atoms with Crippen molar-refractivity contribution in [3.8, 4) is 0 Å². The van der Waals surface area contributed by atoms with E-state index in [4.69, 9.17) is 0 Å². The van der Waals surface area contributed by atoms with E-state index in [1.807, 2.05) is 67.8 Å². The molecule has 1 aromatic carbocycles. The summed E-state index contributed by atoms with van der Waals surface area (Å²) in [5.41, 5.74) is 0.957. The predicted molar refractivity (Wildman–Crippen MR) is 113 cm³/mol. The van der Waals surface area contributed by atoms with Crippen molar-refractivity contribution in [2.45, 2.75) is 13.8 Å². The Labute approximate surface area is 187 Å². The second-order valence-corrected chi connectivity index (χ2v) is 7.34. The minimum Gasteiger partial charge on any atom is -1.00 e. The van der Waals surface area contributed by atoms with E-state index in [9.17, 15) is 19.5 Å². The molecule has 0 aromatic heterocycles. The van der Waals surface area contributed by atoms with Gasteiger partial charge in [-0.3, -0.25) is 9.59 Å². The molecule has 0 aliphatic carbocycles. The fourth-order valence-corrected chi connectivity index (χ4v) is 6.20. The number of carboxylic acid groups (broad SMARTS) is 1. The summed E-state index contributed by atoms with van der Waals surface area (Å²) in [7, 11) is 1.57. The van der Waals surface area contributed by atoms with E-state index in [2.05, 4.69) is 5.32 Å². The molecule has 0 saturated carbocycles. The largest absolute Gasteiger partial charge is 2.00 e. The van der Waals surface area contributed by atoms with Gasteiger partial charge in [0.1, 0.15) is 0 Å². The van der Waals surface area contributed by atoms with Crippen LogP contribution in [0.4, 0.5) is 11.4 Å². The maximum Gasteiger partial charge on any atom is 2.00 e. The van der Waals surface area contributed by atoms with Crippen LogP contribution in [0.1, 0.15) is 27.1 Å². The first-order valence-corrected chi connectivity index (χ1v) is 8.78. The van der Waals surface area contributed by atoms with Crippen molar-refractivity contribution >= 4 is 120 Å². The van der Waals surface area contributed by atoms with Gasteiger partial charge in [0.2, 0.25) is 11.8 Å². The van der Waals surface area contributed by atoms with Crippen LogP contribution in [0.3, 0.4) is 0 Å². The summed E-state index contributed by atoms with van der Waals surface area (Å²) < 4.78 is 1.52. The summed E-state index contributed by atoms with van der Waals surface area (Å²) in [5, 5.41) is 12.1. The molecule has 0 aliphatic rings. The third-order valence-electron chi connectivity index (χ3n) is 2.62. The van der Waals surface area contributed by atoms with Gasteiger partial charge in [-0.25, -0.2) is 4.79 Å². The van der Waals surface area contributed by atoms with Crippen LogP contribution in [0.15, 0.2) is 0 Å². The molecule has 0 unspecified atom stereocenters. The number of carbonyl (C=O) groups is 3. The van der Waals surface area contributed by atoms with Gasteiger partial charge < -0.3 is 18.2 Å². The van der Waals surface area contributed by atoms with Crippen LogP contribution in [-0.4, -0.2) is 53.0 Å². The van der Waals surface area contributed by atoms with E-state index in [1.165, 1.54) is 18.7 Å². The van der Waals surface area contributed by atoms with Crippen molar-refractivity contribution in [2.24, 2.45) is 0 Å². The number of nitrogens with zero attached hydrogens (tertiary/aromatic N) is 1. The number of aromatic carboxylic acids is 1. The Morgan fingerprint density at radius 2 is 1.59 bits per heavy atom. The van der Waals surface area contributed by atoms with Gasteiger partial charge in [0.25, 0.3) is 0 Å². The number of halogens is 3.